The van der Waals surface area contributed by atoms with Crippen LogP contribution in [-0.2, 0) is 11.3 Å². The van der Waals surface area contributed by atoms with Crippen LogP contribution in [0, 0.1) is 0 Å². The molecule has 1 fully saturated rings. The van der Waals surface area contributed by atoms with Crippen LogP contribution in [0.25, 0.3) is 0 Å². The van der Waals surface area contributed by atoms with Gasteiger partial charge in [0.15, 0.2) is 11.5 Å². The highest BCUT2D eigenvalue weighted by atomic mass is 79.9. The zero-order valence-electron chi connectivity index (χ0n) is 10.4. The first-order chi connectivity index (χ1) is 9.24. The van der Waals surface area contributed by atoms with E-state index in [0.29, 0.717) is 6.54 Å². The van der Waals surface area contributed by atoms with E-state index < -0.39 is 0 Å². The number of fused-ring (bicyclic) bond motifs is 1. The summed E-state index contributed by atoms with van der Waals surface area (Å²) < 4.78 is 11.6. The molecule has 2 heterocycles. The van der Waals surface area contributed by atoms with Crippen LogP contribution in [0.5, 0.6) is 11.5 Å². The number of carbonyl (C=O) groups is 1. The molecular weight excluding hydrogens is 312 g/mol. The van der Waals surface area contributed by atoms with E-state index >= 15 is 0 Å². The summed E-state index contributed by atoms with van der Waals surface area (Å²) in [6, 6.07) is 3.74. The van der Waals surface area contributed by atoms with Gasteiger partial charge in [0.2, 0.25) is 12.7 Å². The predicted octanol–water partition coefficient (Wildman–Crippen LogP) is 1.55. The fourth-order valence-corrected chi connectivity index (χ4v) is 2.76. The molecule has 5 nitrogen and oxygen atoms in total. The average Bonchev–Trinajstić information content (AvgIpc) is 2.84. The van der Waals surface area contributed by atoms with E-state index in [9.17, 15) is 4.79 Å². The van der Waals surface area contributed by atoms with Crippen LogP contribution in [0.4, 0.5) is 0 Å². The lowest BCUT2D eigenvalue weighted by Crippen LogP contribution is -2.47. The molecule has 0 radical (unpaired) electrons. The van der Waals surface area contributed by atoms with Crippen molar-refractivity contribution >= 4 is 21.8 Å². The van der Waals surface area contributed by atoms with E-state index in [1.807, 2.05) is 12.1 Å². The quantitative estimate of drug-likeness (QED) is 0.884. The van der Waals surface area contributed by atoms with E-state index in [1.165, 1.54) is 0 Å². The monoisotopic (exact) mass is 326 g/mol. The third-order valence-corrected chi connectivity index (χ3v) is 4.10. The minimum Gasteiger partial charge on any atom is -0.454 e. The van der Waals surface area contributed by atoms with Crippen LogP contribution in [0.15, 0.2) is 16.6 Å². The first-order valence-corrected chi connectivity index (χ1v) is 7.12. The molecule has 0 spiro atoms. The molecule has 19 heavy (non-hydrogen) atoms. The van der Waals surface area contributed by atoms with E-state index in [1.54, 1.807) is 0 Å². The standard InChI is InChI=1S/C13H15BrN2O3/c14-9-5-12-11(18-7-19-12)4-8(9)6-16-10-2-1-3-15-13(10)17/h4-5,10,16H,1-3,6-7H2,(H,15,17). The van der Waals surface area contributed by atoms with Crippen LogP contribution in [0.1, 0.15) is 18.4 Å². The SMILES string of the molecule is O=C1NCCCC1NCc1cc2c(cc1Br)OCO2. The van der Waals surface area contributed by atoms with Gasteiger partial charge in [0.25, 0.3) is 0 Å². The van der Waals surface area contributed by atoms with Crippen molar-refractivity contribution in [2.45, 2.75) is 25.4 Å². The van der Waals surface area contributed by atoms with Crippen molar-refractivity contribution in [3.63, 3.8) is 0 Å². The minimum atomic E-state index is -0.105. The number of nitrogens with one attached hydrogen (secondary N) is 2. The molecule has 0 aromatic heterocycles. The molecular formula is C13H15BrN2O3. The zero-order valence-corrected chi connectivity index (χ0v) is 12.0. The van der Waals surface area contributed by atoms with Crippen molar-refractivity contribution in [3.05, 3.63) is 22.2 Å². The molecule has 0 bridgehead atoms. The number of piperidine rings is 1. The fraction of sp³-hybridized carbons (Fsp3) is 0.462. The normalized spacial score (nSPS) is 21.3. The van der Waals surface area contributed by atoms with Gasteiger partial charge in [-0.3, -0.25) is 4.79 Å². The molecule has 2 aliphatic rings. The molecule has 1 atom stereocenters. The van der Waals surface area contributed by atoms with Crippen molar-refractivity contribution in [2.24, 2.45) is 0 Å². The van der Waals surface area contributed by atoms with E-state index in [2.05, 4.69) is 26.6 Å². The Bertz CT molecular complexity index is 507. The molecule has 3 rings (SSSR count). The lowest BCUT2D eigenvalue weighted by molar-refractivity contribution is -0.124. The number of carbonyl (C=O) groups excluding carboxylic acids is 1. The van der Waals surface area contributed by atoms with Crippen LogP contribution in [0.2, 0.25) is 0 Å². The van der Waals surface area contributed by atoms with Gasteiger partial charge < -0.3 is 20.1 Å². The van der Waals surface area contributed by atoms with Crippen LogP contribution in [-0.4, -0.2) is 25.3 Å². The maximum absolute atomic E-state index is 11.7. The summed E-state index contributed by atoms with van der Waals surface area (Å²) >= 11 is 3.51. The van der Waals surface area contributed by atoms with E-state index in [-0.39, 0.29) is 18.7 Å². The van der Waals surface area contributed by atoms with Gasteiger partial charge in [-0.1, -0.05) is 15.9 Å². The van der Waals surface area contributed by atoms with Gasteiger partial charge >= 0.3 is 0 Å². The number of amides is 1. The Hall–Kier alpha value is -1.27. The highest BCUT2D eigenvalue weighted by Crippen LogP contribution is 2.36. The molecule has 2 aliphatic heterocycles. The van der Waals surface area contributed by atoms with Crippen LogP contribution < -0.4 is 20.1 Å². The van der Waals surface area contributed by atoms with E-state index in [4.69, 9.17) is 9.47 Å². The predicted molar refractivity (Wildman–Crippen MR) is 73.1 cm³/mol. The Morgan fingerprint density at radius 1 is 1.37 bits per heavy atom. The summed E-state index contributed by atoms with van der Waals surface area (Å²) in [6.07, 6.45) is 1.90. The van der Waals surface area contributed by atoms with Gasteiger partial charge in [0.1, 0.15) is 0 Å². The van der Waals surface area contributed by atoms with Gasteiger partial charge in [-0.2, -0.15) is 0 Å². The van der Waals surface area contributed by atoms with Gasteiger partial charge in [-0.15, -0.1) is 0 Å². The van der Waals surface area contributed by atoms with Crippen molar-refractivity contribution in [1.29, 1.82) is 0 Å². The fourth-order valence-electron chi connectivity index (χ4n) is 2.29. The number of hydrogen-bond acceptors (Lipinski definition) is 4. The largest absolute Gasteiger partial charge is 0.454 e. The third-order valence-electron chi connectivity index (χ3n) is 3.37. The van der Waals surface area contributed by atoms with Crippen molar-refractivity contribution in [2.75, 3.05) is 13.3 Å². The Morgan fingerprint density at radius 3 is 2.95 bits per heavy atom. The number of halogens is 1. The second-order valence-corrected chi connectivity index (χ2v) is 5.52. The zero-order chi connectivity index (χ0) is 13.2. The minimum absolute atomic E-state index is 0.0862. The summed E-state index contributed by atoms with van der Waals surface area (Å²) in [5.74, 6) is 1.60. The highest BCUT2D eigenvalue weighted by molar-refractivity contribution is 9.10. The molecule has 102 valence electrons. The summed E-state index contributed by atoms with van der Waals surface area (Å²) in [5, 5.41) is 6.15. The number of benzene rings is 1. The Balaban J connectivity index is 1.68. The maximum Gasteiger partial charge on any atom is 0.237 e. The Morgan fingerprint density at radius 2 is 2.16 bits per heavy atom. The topological polar surface area (TPSA) is 59.6 Å². The first-order valence-electron chi connectivity index (χ1n) is 6.33. The van der Waals surface area contributed by atoms with E-state index in [0.717, 1.165) is 40.9 Å². The molecule has 1 unspecified atom stereocenters. The highest BCUT2D eigenvalue weighted by Gasteiger charge is 2.22. The summed E-state index contributed by atoms with van der Waals surface area (Å²) in [6.45, 7) is 1.67. The molecule has 1 saturated heterocycles. The van der Waals surface area contributed by atoms with Gasteiger partial charge in [-0.05, 0) is 30.5 Å². The summed E-state index contributed by atoms with van der Waals surface area (Å²) in [5.41, 5.74) is 1.06. The second kappa shape index (κ2) is 5.38. The lowest BCUT2D eigenvalue weighted by Gasteiger charge is -2.23. The molecule has 0 saturated carbocycles. The van der Waals surface area contributed by atoms with Crippen LogP contribution in [0.3, 0.4) is 0 Å². The second-order valence-electron chi connectivity index (χ2n) is 4.66. The molecule has 1 aromatic carbocycles. The van der Waals surface area contributed by atoms with Crippen molar-refractivity contribution in [1.82, 2.24) is 10.6 Å². The lowest BCUT2D eigenvalue weighted by atomic mass is 10.1. The summed E-state index contributed by atoms with van der Waals surface area (Å²) in [4.78, 5) is 11.7. The molecule has 6 heteroatoms. The van der Waals surface area contributed by atoms with Gasteiger partial charge in [-0.25, -0.2) is 0 Å². The Kier molecular flexibility index (Phi) is 3.61. The molecule has 1 amide bonds. The third kappa shape index (κ3) is 2.69. The number of hydrogen-bond donors (Lipinski definition) is 2. The molecule has 2 N–H and O–H groups in total. The molecule has 1 aromatic rings. The molecule has 0 aliphatic carbocycles. The number of ether oxygens (including phenoxy) is 2. The van der Waals surface area contributed by atoms with Gasteiger partial charge in [0.05, 0.1) is 6.04 Å². The number of rotatable bonds is 3. The average molecular weight is 327 g/mol. The van der Waals surface area contributed by atoms with Crippen molar-refractivity contribution in [3.8, 4) is 11.5 Å². The summed E-state index contributed by atoms with van der Waals surface area (Å²) in [7, 11) is 0. The van der Waals surface area contributed by atoms with Gasteiger partial charge in [0, 0.05) is 17.6 Å². The Labute approximate surface area is 119 Å². The first kappa shape index (κ1) is 12.7. The smallest absolute Gasteiger partial charge is 0.237 e. The van der Waals surface area contributed by atoms with Crippen molar-refractivity contribution < 1.29 is 14.3 Å². The van der Waals surface area contributed by atoms with Crippen LogP contribution >= 0.6 is 15.9 Å². The maximum atomic E-state index is 11.7.